The normalized spacial score (nSPS) is 21.7. The third-order valence-electron chi connectivity index (χ3n) is 6.76. The smallest absolute Gasteiger partial charge is 0.313 e. The second-order valence-electron chi connectivity index (χ2n) is 8.57. The zero-order valence-electron chi connectivity index (χ0n) is 24.0. The number of hydrogen-bond acceptors (Lipinski definition) is 10. The summed E-state index contributed by atoms with van der Waals surface area (Å²) in [5.74, 6) is 0. The highest BCUT2D eigenvalue weighted by Crippen LogP contribution is 2.34. The Hall–Kier alpha value is 0.468. The Morgan fingerprint density at radius 2 is 0.471 bits per heavy atom. The molecule has 0 aromatic carbocycles. The first-order valence-electron chi connectivity index (χ1n) is 13.9. The molecule has 34 heavy (non-hydrogen) atoms. The van der Waals surface area contributed by atoms with E-state index >= 15 is 0 Å². The monoisotopic (exact) mass is 550 g/mol. The second-order valence-corrected chi connectivity index (χ2v) is 28.8. The van der Waals surface area contributed by atoms with E-state index in [2.05, 4.69) is 118 Å². The van der Waals surface area contributed by atoms with Gasteiger partial charge in [0.2, 0.25) is 0 Å². The third kappa shape index (κ3) is 5.22. The van der Waals surface area contributed by atoms with Gasteiger partial charge in [0.15, 0.2) is 0 Å². The predicted molar refractivity (Wildman–Crippen MR) is 157 cm³/mol. The fourth-order valence-electron chi connectivity index (χ4n) is 6.32. The molecule has 0 spiro atoms. The zero-order valence-corrected chi connectivity index (χ0v) is 28.0. The molecule has 0 saturated carbocycles. The lowest BCUT2D eigenvalue weighted by Crippen LogP contribution is -3.16. The van der Waals surface area contributed by atoms with Crippen LogP contribution in [-0.2, 0) is 0 Å². The van der Waals surface area contributed by atoms with Gasteiger partial charge in [0.05, 0.1) is 0 Å². The first kappa shape index (κ1) is 32.5. The molecule has 1 aliphatic rings. The highest BCUT2D eigenvalue weighted by molar-refractivity contribution is 7.52. The van der Waals surface area contributed by atoms with Crippen LogP contribution in [0.5, 0.6) is 0 Å². The van der Waals surface area contributed by atoms with Crippen LogP contribution in [0.25, 0.3) is 0 Å². The van der Waals surface area contributed by atoms with Crippen molar-refractivity contribution in [3.63, 3.8) is 0 Å². The third-order valence-corrected chi connectivity index (χ3v) is 40.8. The molecule has 0 atom stereocenters. The summed E-state index contributed by atoms with van der Waals surface area (Å²) < 4.78 is 5.89. The van der Waals surface area contributed by atoms with Crippen LogP contribution < -0.4 is 39.9 Å². The summed E-state index contributed by atoms with van der Waals surface area (Å²) in [5, 5.41) is 0. The Labute approximate surface area is 215 Å². The van der Waals surface area contributed by atoms with E-state index in [1.54, 1.807) is 0 Å². The number of hydrogen-bond donors (Lipinski definition) is 8. The maximum Gasteiger partial charge on any atom is 0.316 e. The Bertz CT molecular complexity index is 457. The van der Waals surface area contributed by atoms with Crippen molar-refractivity contribution in [1.29, 1.82) is 0 Å². The van der Waals surface area contributed by atoms with Gasteiger partial charge in [-0.05, 0) is 65.4 Å². The molecule has 14 heteroatoms. The van der Waals surface area contributed by atoms with Crippen molar-refractivity contribution in [2.24, 2.45) is 0 Å². The van der Waals surface area contributed by atoms with Crippen molar-refractivity contribution < 1.29 is 0 Å². The number of rotatable bonds is 18. The quantitative estimate of drug-likeness (QED) is 0.106. The molecule has 1 aliphatic heterocycles. The second kappa shape index (κ2) is 15.0. The Morgan fingerprint density at radius 3 is 0.559 bits per heavy atom. The van der Waals surface area contributed by atoms with Crippen LogP contribution in [0.1, 0.15) is 69.2 Å². The molecule has 1 fully saturated rings. The maximum atomic E-state index is 4.19. The molecule has 8 N–H and O–H groups in total. The molecule has 0 bridgehead atoms. The average molecular weight is 551 g/mol. The minimum atomic E-state index is -2.51. The molecule has 0 aromatic rings. The molecule has 1 heterocycles. The van der Waals surface area contributed by atoms with Crippen molar-refractivity contribution in [3.8, 4) is 0 Å². The van der Waals surface area contributed by atoms with Crippen LogP contribution in [0.2, 0.25) is 0 Å². The standard InChI is InChI=1S/C20H58N10Si4/c1-11-21-31(22-12-2)29(19-9)33(25-15-5,26-16-6)34(27-17-7,28-18-8)30(20-10)32(31,23-13-3)24-14-4/h21-28H,11-20H2,1-10H3. The molecular formula is C20H58N10Si4. The molecule has 10 nitrogen and oxygen atoms in total. The van der Waals surface area contributed by atoms with Crippen molar-refractivity contribution in [1.82, 2.24) is 48.3 Å². The Kier molecular flexibility index (Phi) is 14.4. The summed E-state index contributed by atoms with van der Waals surface area (Å²) in [5.41, 5.74) is 0. The topological polar surface area (TPSA) is 103 Å². The minimum absolute atomic E-state index is 0.943. The largest absolute Gasteiger partial charge is 0.316 e. The SMILES string of the molecule is CCN[Si]1(NCC)N(CC)[Si](NCC)(NCC)[Si](NCC)(NCC)N(CC)[Si]1(NCC)NCC. The summed E-state index contributed by atoms with van der Waals surface area (Å²) in [6, 6.07) is 0. The van der Waals surface area contributed by atoms with Gasteiger partial charge in [0.25, 0.3) is 0 Å². The first-order valence-corrected chi connectivity index (χ1v) is 23.7. The average Bonchev–Trinajstić information content (AvgIpc) is 2.80. The lowest BCUT2D eigenvalue weighted by atomic mass is 10.8. The van der Waals surface area contributed by atoms with Gasteiger partial charge in [-0.2, -0.15) is 0 Å². The van der Waals surface area contributed by atoms with E-state index < -0.39 is 32.3 Å². The van der Waals surface area contributed by atoms with Gasteiger partial charge in [-0.1, -0.05) is 69.2 Å². The lowest BCUT2D eigenvalue weighted by Gasteiger charge is -2.71. The molecular weight excluding hydrogens is 493 g/mol. The van der Waals surface area contributed by atoms with Crippen molar-refractivity contribution in [3.05, 3.63) is 0 Å². The van der Waals surface area contributed by atoms with Crippen LogP contribution in [0.4, 0.5) is 0 Å². The van der Waals surface area contributed by atoms with Gasteiger partial charge in [-0.3, -0.25) is 8.46 Å². The van der Waals surface area contributed by atoms with E-state index in [0.717, 1.165) is 65.4 Å². The zero-order chi connectivity index (χ0) is 25.9. The van der Waals surface area contributed by atoms with E-state index in [0.29, 0.717) is 0 Å². The van der Waals surface area contributed by atoms with Gasteiger partial charge in [-0.15, -0.1) is 0 Å². The molecule has 0 unspecified atom stereocenters. The molecule has 0 aliphatic carbocycles. The summed E-state index contributed by atoms with van der Waals surface area (Å²) in [7, 11) is -10.0. The Morgan fingerprint density at radius 1 is 0.324 bits per heavy atom. The van der Waals surface area contributed by atoms with Crippen LogP contribution >= 0.6 is 0 Å². The van der Waals surface area contributed by atoms with Crippen LogP contribution in [0.3, 0.4) is 0 Å². The Balaban J connectivity index is 4.32. The van der Waals surface area contributed by atoms with E-state index in [-0.39, 0.29) is 0 Å². The first-order chi connectivity index (χ1) is 16.4. The van der Waals surface area contributed by atoms with Gasteiger partial charge in [0.1, 0.15) is 0 Å². The van der Waals surface area contributed by atoms with E-state index in [1.165, 1.54) is 0 Å². The summed E-state index contributed by atoms with van der Waals surface area (Å²) in [6.45, 7) is 32.4. The molecule has 1 rings (SSSR count). The summed E-state index contributed by atoms with van der Waals surface area (Å²) in [4.78, 5) is 33.5. The number of nitrogens with one attached hydrogen (secondary N) is 8. The molecule has 1 saturated heterocycles. The van der Waals surface area contributed by atoms with E-state index in [1.807, 2.05) is 0 Å². The van der Waals surface area contributed by atoms with Gasteiger partial charge >= 0.3 is 32.3 Å². The van der Waals surface area contributed by atoms with Crippen LogP contribution in [0, 0.1) is 0 Å². The highest BCUT2D eigenvalue weighted by atomic mass is 29.4. The fraction of sp³-hybridized carbons (Fsp3) is 1.00. The number of nitrogens with zero attached hydrogens (tertiary/aromatic N) is 2. The maximum absolute atomic E-state index is 4.19. The van der Waals surface area contributed by atoms with Crippen LogP contribution in [0.15, 0.2) is 0 Å². The summed E-state index contributed by atoms with van der Waals surface area (Å²) in [6.07, 6.45) is 0. The highest BCUT2D eigenvalue weighted by Gasteiger charge is 2.81. The molecule has 0 radical (unpaired) electrons. The van der Waals surface area contributed by atoms with Gasteiger partial charge in [-0.25, -0.2) is 0 Å². The summed E-state index contributed by atoms with van der Waals surface area (Å²) >= 11 is 0. The van der Waals surface area contributed by atoms with Crippen molar-refractivity contribution in [2.75, 3.05) is 65.4 Å². The predicted octanol–water partition coefficient (Wildman–Crippen LogP) is -0.568. The van der Waals surface area contributed by atoms with Gasteiger partial charge in [0, 0.05) is 0 Å². The fourth-order valence-corrected chi connectivity index (χ4v) is 54.7. The molecule has 0 amide bonds. The van der Waals surface area contributed by atoms with Gasteiger partial charge < -0.3 is 39.9 Å². The van der Waals surface area contributed by atoms with E-state index in [4.69, 9.17) is 0 Å². The van der Waals surface area contributed by atoms with Crippen molar-refractivity contribution in [2.45, 2.75) is 69.2 Å². The molecule has 0 aromatic heterocycles. The lowest BCUT2D eigenvalue weighted by molar-refractivity contribution is 0.481. The van der Waals surface area contributed by atoms with Crippen LogP contribution in [-0.4, -0.2) is 106 Å². The minimum Gasteiger partial charge on any atom is -0.313 e. The van der Waals surface area contributed by atoms with E-state index in [9.17, 15) is 0 Å². The molecule has 204 valence electrons. The van der Waals surface area contributed by atoms with Crippen molar-refractivity contribution >= 4 is 32.3 Å².